The highest BCUT2D eigenvalue weighted by molar-refractivity contribution is 5.92. The van der Waals surface area contributed by atoms with Gasteiger partial charge < -0.3 is 19.7 Å². The van der Waals surface area contributed by atoms with Crippen molar-refractivity contribution in [2.24, 2.45) is 0 Å². The van der Waals surface area contributed by atoms with E-state index in [9.17, 15) is 0 Å². The molecule has 2 heterocycles. The first-order valence-electron chi connectivity index (χ1n) is 8.74. The second kappa shape index (κ2) is 7.17. The number of hydrogen-bond donors (Lipinski definition) is 1. The average Bonchev–Trinajstić information content (AvgIpc) is 3.12. The molecule has 1 N–H and O–H groups in total. The van der Waals surface area contributed by atoms with Gasteiger partial charge in [0.2, 0.25) is 6.79 Å². The summed E-state index contributed by atoms with van der Waals surface area (Å²) in [6.45, 7) is 2.20. The maximum Gasteiger partial charge on any atom is 0.231 e. The van der Waals surface area contributed by atoms with E-state index in [1.807, 2.05) is 24.3 Å². The summed E-state index contributed by atoms with van der Waals surface area (Å²) >= 11 is 0. The van der Waals surface area contributed by atoms with Crippen LogP contribution in [0.4, 0.5) is 5.82 Å². The molecule has 0 amide bonds. The van der Waals surface area contributed by atoms with E-state index in [1.165, 1.54) is 0 Å². The zero-order chi connectivity index (χ0) is 17.9. The van der Waals surface area contributed by atoms with Crippen LogP contribution in [0.1, 0.15) is 6.42 Å². The van der Waals surface area contributed by atoms with Gasteiger partial charge in [0.1, 0.15) is 12.1 Å². The van der Waals surface area contributed by atoms with E-state index in [1.54, 1.807) is 6.33 Å². The monoisotopic (exact) mass is 350 g/mol. The lowest BCUT2D eigenvalue weighted by Crippen LogP contribution is -2.16. The number of benzene rings is 2. The van der Waals surface area contributed by atoms with Crippen LogP contribution in [-0.2, 0) is 0 Å². The maximum absolute atomic E-state index is 5.49. The summed E-state index contributed by atoms with van der Waals surface area (Å²) in [6.07, 6.45) is 2.66. The second-order valence-electron chi connectivity index (χ2n) is 6.61. The highest BCUT2D eigenvalue weighted by Gasteiger charge is 2.14. The van der Waals surface area contributed by atoms with Crippen LogP contribution in [0.25, 0.3) is 22.0 Å². The quantitative estimate of drug-likeness (QED) is 0.688. The highest BCUT2D eigenvalue weighted by atomic mass is 16.7. The van der Waals surface area contributed by atoms with E-state index >= 15 is 0 Å². The van der Waals surface area contributed by atoms with E-state index in [0.717, 1.165) is 58.9 Å². The average molecular weight is 350 g/mol. The summed E-state index contributed by atoms with van der Waals surface area (Å²) in [4.78, 5) is 11.0. The molecule has 0 aliphatic carbocycles. The molecular formula is C20H22N4O2. The van der Waals surface area contributed by atoms with Crippen LogP contribution < -0.4 is 14.8 Å². The van der Waals surface area contributed by atoms with Crippen molar-refractivity contribution in [1.82, 2.24) is 14.9 Å². The fourth-order valence-corrected chi connectivity index (χ4v) is 3.06. The van der Waals surface area contributed by atoms with Crippen LogP contribution >= 0.6 is 0 Å². The summed E-state index contributed by atoms with van der Waals surface area (Å²) in [6, 6.07) is 12.2. The summed E-state index contributed by atoms with van der Waals surface area (Å²) < 4.78 is 10.9. The number of nitrogens with one attached hydrogen (secondary N) is 1. The Bertz CT molecular complexity index is 927. The molecular weight excluding hydrogens is 328 g/mol. The fraction of sp³-hybridized carbons (Fsp3) is 0.300. The van der Waals surface area contributed by atoms with E-state index in [2.05, 4.69) is 46.4 Å². The highest BCUT2D eigenvalue weighted by Crippen LogP contribution is 2.36. The SMILES string of the molecule is CN(C)CCCNc1ncnc2ccc(-c3ccc4c(c3)OCO4)cc12. The topological polar surface area (TPSA) is 59.5 Å². The number of aromatic nitrogens is 2. The van der Waals surface area contributed by atoms with E-state index in [4.69, 9.17) is 9.47 Å². The van der Waals surface area contributed by atoms with Crippen molar-refractivity contribution in [2.75, 3.05) is 39.3 Å². The molecule has 1 aromatic heterocycles. The number of hydrogen-bond acceptors (Lipinski definition) is 6. The van der Waals surface area contributed by atoms with Crippen molar-refractivity contribution in [3.8, 4) is 22.6 Å². The first kappa shape index (κ1) is 16.6. The lowest BCUT2D eigenvalue weighted by atomic mass is 10.0. The van der Waals surface area contributed by atoms with Gasteiger partial charge in [0.05, 0.1) is 5.52 Å². The number of anilines is 1. The minimum atomic E-state index is 0.283. The van der Waals surface area contributed by atoms with Gasteiger partial charge in [-0.3, -0.25) is 0 Å². The molecule has 6 nitrogen and oxygen atoms in total. The van der Waals surface area contributed by atoms with Crippen molar-refractivity contribution < 1.29 is 9.47 Å². The van der Waals surface area contributed by atoms with Gasteiger partial charge in [0.15, 0.2) is 11.5 Å². The van der Waals surface area contributed by atoms with E-state index < -0.39 is 0 Å². The van der Waals surface area contributed by atoms with Crippen LogP contribution in [0, 0.1) is 0 Å². The van der Waals surface area contributed by atoms with Crippen molar-refractivity contribution in [3.05, 3.63) is 42.7 Å². The summed E-state index contributed by atoms with van der Waals surface area (Å²) in [5, 5.41) is 4.46. The van der Waals surface area contributed by atoms with Crippen LogP contribution in [0.15, 0.2) is 42.7 Å². The van der Waals surface area contributed by atoms with Crippen molar-refractivity contribution >= 4 is 16.7 Å². The van der Waals surface area contributed by atoms with Gasteiger partial charge in [-0.25, -0.2) is 9.97 Å². The Balaban J connectivity index is 1.62. The molecule has 0 radical (unpaired) electrons. The Morgan fingerprint density at radius 2 is 1.81 bits per heavy atom. The van der Waals surface area contributed by atoms with Gasteiger partial charge in [-0.2, -0.15) is 0 Å². The molecule has 0 saturated carbocycles. The molecule has 6 heteroatoms. The Morgan fingerprint density at radius 3 is 2.69 bits per heavy atom. The predicted octanol–water partition coefficient (Wildman–Crippen LogP) is 3.39. The number of nitrogens with zero attached hydrogens (tertiary/aromatic N) is 3. The Labute approximate surface area is 152 Å². The Hall–Kier alpha value is -2.86. The van der Waals surface area contributed by atoms with Gasteiger partial charge in [0.25, 0.3) is 0 Å². The number of fused-ring (bicyclic) bond motifs is 2. The second-order valence-corrected chi connectivity index (χ2v) is 6.61. The molecule has 0 unspecified atom stereocenters. The summed E-state index contributed by atoms with van der Waals surface area (Å²) in [5.41, 5.74) is 3.11. The minimum absolute atomic E-state index is 0.283. The van der Waals surface area contributed by atoms with Gasteiger partial charge >= 0.3 is 0 Å². The van der Waals surface area contributed by atoms with Crippen LogP contribution in [0.2, 0.25) is 0 Å². The van der Waals surface area contributed by atoms with Crippen LogP contribution in [0.5, 0.6) is 11.5 Å². The lowest BCUT2D eigenvalue weighted by molar-refractivity contribution is 0.174. The van der Waals surface area contributed by atoms with Gasteiger partial charge in [-0.15, -0.1) is 0 Å². The zero-order valence-electron chi connectivity index (χ0n) is 15.0. The third-order valence-corrected chi connectivity index (χ3v) is 4.42. The first-order chi connectivity index (χ1) is 12.7. The van der Waals surface area contributed by atoms with Gasteiger partial charge in [-0.1, -0.05) is 12.1 Å². The molecule has 1 aliphatic rings. The van der Waals surface area contributed by atoms with E-state index in [0.29, 0.717) is 0 Å². The van der Waals surface area contributed by atoms with Crippen LogP contribution in [-0.4, -0.2) is 48.8 Å². The first-order valence-corrected chi connectivity index (χ1v) is 8.74. The molecule has 0 fully saturated rings. The molecule has 0 saturated heterocycles. The zero-order valence-corrected chi connectivity index (χ0v) is 15.0. The standard InChI is InChI=1S/C20H22N4O2/c1-24(2)9-3-8-21-20-16-10-14(4-6-17(16)22-12-23-20)15-5-7-18-19(11-15)26-13-25-18/h4-7,10-12H,3,8-9,13H2,1-2H3,(H,21,22,23). The minimum Gasteiger partial charge on any atom is -0.454 e. The Kier molecular flexibility index (Phi) is 4.58. The van der Waals surface area contributed by atoms with Crippen molar-refractivity contribution in [2.45, 2.75) is 6.42 Å². The van der Waals surface area contributed by atoms with Gasteiger partial charge in [0, 0.05) is 11.9 Å². The molecule has 4 rings (SSSR count). The predicted molar refractivity (Wildman–Crippen MR) is 103 cm³/mol. The molecule has 3 aromatic rings. The lowest BCUT2D eigenvalue weighted by Gasteiger charge is -2.12. The van der Waals surface area contributed by atoms with Crippen LogP contribution in [0.3, 0.4) is 0 Å². The molecule has 2 aromatic carbocycles. The van der Waals surface area contributed by atoms with Crippen molar-refractivity contribution in [3.63, 3.8) is 0 Å². The molecule has 0 atom stereocenters. The third-order valence-electron chi connectivity index (χ3n) is 4.42. The van der Waals surface area contributed by atoms with Crippen molar-refractivity contribution in [1.29, 1.82) is 0 Å². The molecule has 0 bridgehead atoms. The summed E-state index contributed by atoms with van der Waals surface area (Å²) in [5.74, 6) is 2.45. The number of rotatable bonds is 6. The fourth-order valence-electron chi connectivity index (χ4n) is 3.06. The van der Waals surface area contributed by atoms with Gasteiger partial charge in [-0.05, 0) is 62.5 Å². The summed E-state index contributed by atoms with van der Waals surface area (Å²) in [7, 11) is 4.16. The normalized spacial score (nSPS) is 12.7. The molecule has 26 heavy (non-hydrogen) atoms. The Morgan fingerprint density at radius 1 is 1.00 bits per heavy atom. The largest absolute Gasteiger partial charge is 0.454 e. The van der Waals surface area contributed by atoms with E-state index in [-0.39, 0.29) is 6.79 Å². The maximum atomic E-state index is 5.49. The third kappa shape index (κ3) is 3.41. The molecule has 0 spiro atoms. The smallest absolute Gasteiger partial charge is 0.231 e. The molecule has 1 aliphatic heterocycles. The number of ether oxygens (including phenoxy) is 2. The molecule has 134 valence electrons.